The van der Waals surface area contributed by atoms with Gasteiger partial charge in [-0.2, -0.15) is 0 Å². The highest BCUT2D eigenvalue weighted by molar-refractivity contribution is 5.81. The largest absolute Gasteiger partial charge is 0.350 e. The van der Waals surface area contributed by atoms with Crippen LogP contribution in [0.3, 0.4) is 0 Å². The minimum atomic E-state index is -0.287. The van der Waals surface area contributed by atoms with Gasteiger partial charge in [0, 0.05) is 12.1 Å². The van der Waals surface area contributed by atoms with Crippen LogP contribution in [0.5, 0.6) is 0 Å². The number of carbonyl (C=O) groups is 1. The van der Waals surface area contributed by atoms with E-state index in [1.165, 1.54) is 0 Å². The second-order valence-electron chi connectivity index (χ2n) is 5.14. The fourth-order valence-corrected chi connectivity index (χ4v) is 1.23. The van der Waals surface area contributed by atoms with Crippen LogP contribution in [0, 0.1) is 6.92 Å². The van der Waals surface area contributed by atoms with E-state index in [1.54, 1.807) is 0 Å². The smallest absolute Gasteiger partial charge is 0.237 e. The van der Waals surface area contributed by atoms with E-state index < -0.39 is 0 Å². The van der Waals surface area contributed by atoms with Crippen LogP contribution in [0.2, 0.25) is 0 Å². The van der Waals surface area contributed by atoms with Gasteiger partial charge < -0.3 is 10.6 Å². The van der Waals surface area contributed by atoms with Crippen LogP contribution in [-0.4, -0.2) is 27.8 Å². The molecule has 0 radical (unpaired) electrons. The molecule has 1 aromatic heterocycles. The van der Waals surface area contributed by atoms with Crippen LogP contribution in [0.15, 0.2) is 4.63 Å². The molecule has 1 rings (SSSR count). The van der Waals surface area contributed by atoms with E-state index in [4.69, 9.17) is 0 Å². The zero-order chi connectivity index (χ0) is 13.1. The average Bonchev–Trinajstić information content (AvgIpc) is 2.57. The number of hydrogen-bond donors (Lipinski definition) is 2. The second kappa shape index (κ2) is 5.27. The lowest BCUT2D eigenvalue weighted by atomic mass is 10.1. The normalized spacial score (nSPS) is 13.5. The molecule has 0 aliphatic heterocycles. The van der Waals surface area contributed by atoms with Crippen LogP contribution < -0.4 is 10.6 Å². The first kappa shape index (κ1) is 13.6. The number of hydrogen-bond acceptors (Lipinski definition) is 5. The molecule has 1 atom stereocenters. The Morgan fingerprint density at radius 3 is 2.53 bits per heavy atom. The molecule has 1 amide bonds. The van der Waals surface area contributed by atoms with E-state index in [9.17, 15) is 4.79 Å². The molecular formula is C11H20N4O2. The van der Waals surface area contributed by atoms with Crippen molar-refractivity contribution in [2.75, 3.05) is 0 Å². The predicted molar refractivity (Wildman–Crippen MR) is 63.2 cm³/mol. The maximum atomic E-state index is 11.8. The van der Waals surface area contributed by atoms with Crippen LogP contribution in [0.25, 0.3) is 0 Å². The fourth-order valence-electron chi connectivity index (χ4n) is 1.23. The van der Waals surface area contributed by atoms with Crippen LogP contribution in [0.1, 0.15) is 39.1 Å². The van der Waals surface area contributed by atoms with Gasteiger partial charge >= 0.3 is 0 Å². The zero-order valence-electron chi connectivity index (χ0n) is 11.0. The lowest BCUT2D eigenvalue weighted by molar-refractivity contribution is -0.124. The summed E-state index contributed by atoms with van der Waals surface area (Å²) in [5.41, 5.74) is 1.24. The second-order valence-corrected chi connectivity index (χ2v) is 5.14. The lowest BCUT2D eigenvalue weighted by Gasteiger charge is -2.23. The summed E-state index contributed by atoms with van der Waals surface area (Å²) in [5.74, 6) is -0.0355. The number of nitrogens with zero attached hydrogens (tertiary/aromatic N) is 2. The summed E-state index contributed by atoms with van der Waals surface area (Å²) in [7, 11) is 0. The summed E-state index contributed by atoms with van der Waals surface area (Å²) in [4.78, 5) is 11.8. The van der Waals surface area contributed by atoms with Crippen molar-refractivity contribution in [2.24, 2.45) is 0 Å². The van der Waals surface area contributed by atoms with Gasteiger partial charge in [0.05, 0.1) is 6.04 Å². The summed E-state index contributed by atoms with van der Waals surface area (Å²) in [6.45, 7) is 9.93. The molecule has 0 fully saturated rings. The Balaban J connectivity index is 2.42. The van der Waals surface area contributed by atoms with Gasteiger partial charge in [0.15, 0.2) is 0 Å². The minimum Gasteiger partial charge on any atom is -0.350 e. The van der Waals surface area contributed by atoms with Gasteiger partial charge in [0.25, 0.3) is 0 Å². The molecule has 0 aromatic carbocycles. The molecule has 0 bridgehead atoms. The Kier molecular flexibility index (Phi) is 4.22. The third-order valence-corrected chi connectivity index (χ3v) is 2.21. The van der Waals surface area contributed by atoms with Gasteiger partial charge in [-0.1, -0.05) is 10.3 Å². The summed E-state index contributed by atoms with van der Waals surface area (Å²) in [5, 5.41) is 13.4. The molecular weight excluding hydrogens is 220 g/mol. The molecule has 1 heterocycles. The van der Waals surface area contributed by atoms with E-state index in [-0.39, 0.29) is 17.5 Å². The maximum Gasteiger partial charge on any atom is 0.237 e. The highest BCUT2D eigenvalue weighted by atomic mass is 16.6. The molecule has 6 nitrogen and oxygen atoms in total. The Labute approximate surface area is 101 Å². The molecule has 96 valence electrons. The fraction of sp³-hybridized carbons (Fsp3) is 0.727. The molecule has 1 unspecified atom stereocenters. The molecule has 0 saturated carbocycles. The van der Waals surface area contributed by atoms with Crippen molar-refractivity contribution in [1.29, 1.82) is 0 Å². The molecule has 1 aromatic rings. The molecule has 2 N–H and O–H groups in total. The lowest BCUT2D eigenvalue weighted by Crippen LogP contribution is -2.49. The summed E-state index contributed by atoms with van der Waals surface area (Å²) in [6.07, 6.45) is 0. The maximum absolute atomic E-state index is 11.8. The molecule has 17 heavy (non-hydrogen) atoms. The van der Waals surface area contributed by atoms with Crippen LogP contribution in [0.4, 0.5) is 0 Å². The molecule has 0 aliphatic carbocycles. The first-order valence-corrected chi connectivity index (χ1v) is 5.63. The Bertz CT molecular complexity index is 381. The van der Waals surface area contributed by atoms with Gasteiger partial charge in [-0.25, -0.2) is 4.63 Å². The van der Waals surface area contributed by atoms with E-state index in [0.717, 1.165) is 11.4 Å². The molecule has 6 heteroatoms. The number of rotatable bonds is 4. The van der Waals surface area contributed by atoms with Crippen molar-refractivity contribution in [3.05, 3.63) is 11.4 Å². The summed E-state index contributed by atoms with van der Waals surface area (Å²) < 4.78 is 4.58. The number of aryl methyl sites for hydroxylation is 1. The van der Waals surface area contributed by atoms with Crippen molar-refractivity contribution in [3.8, 4) is 0 Å². The topological polar surface area (TPSA) is 80.1 Å². The Morgan fingerprint density at radius 1 is 1.41 bits per heavy atom. The van der Waals surface area contributed by atoms with Gasteiger partial charge in [-0.15, -0.1) is 0 Å². The number of nitrogens with one attached hydrogen (secondary N) is 2. The molecule has 0 saturated heterocycles. The van der Waals surface area contributed by atoms with Gasteiger partial charge in [-0.3, -0.25) is 4.79 Å². The van der Waals surface area contributed by atoms with Crippen molar-refractivity contribution < 1.29 is 9.42 Å². The van der Waals surface area contributed by atoms with Crippen LogP contribution >= 0.6 is 0 Å². The Hall–Kier alpha value is -1.43. The Morgan fingerprint density at radius 2 is 2.06 bits per heavy atom. The van der Waals surface area contributed by atoms with E-state index >= 15 is 0 Å². The standard InChI is InChI=1S/C11H20N4O2/c1-7-9(15-17-14-7)6-12-8(2)10(16)13-11(3,4)5/h8,12H,6H2,1-5H3,(H,13,16). The van der Waals surface area contributed by atoms with Crippen molar-refractivity contribution in [2.45, 2.75) is 52.7 Å². The molecule has 0 spiro atoms. The zero-order valence-corrected chi connectivity index (χ0v) is 11.0. The first-order chi connectivity index (χ1) is 7.79. The van der Waals surface area contributed by atoms with Gasteiger partial charge in [0.2, 0.25) is 5.91 Å². The highest BCUT2D eigenvalue weighted by Crippen LogP contribution is 2.02. The quantitative estimate of drug-likeness (QED) is 0.812. The van der Waals surface area contributed by atoms with E-state index in [2.05, 4.69) is 25.6 Å². The van der Waals surface area contributed by atoms with Gasteiger partial charge in [-0.05, 0) is 34.6 Å². The van der Waals surface area contributed by atoms with Crippen LogP contribution in [-0.2, 0) is 11.3 Å². The van der Waals surface area contributed by atoms with E-state index in [0.29, 0.717) is 6.54 Å². The minimum absolute atomic E-state index is 0.0355. The van der Waals surface area contributed by atoms with Crippen molar-refractivity contribution >= 4 is 5.91 Å². The molecule has 0 aliphatic rings. The summed E-state index contributed by atoms with van der Waals surface area (Å²) >= 11 is 0. The van der Waals surface area contributed by atoms with Gasteiger partial charge in [0.1, 0.15) is 11.4 Å². The summed E-state index contributed by atoms with van der Waals surface area (Å²) in [6, 6.07) is -0.287. The van der Waals surface area contributed by atoms with Crippen molar-refractivity contribution in [3.63, 3.8) is 0 Å². The van der Waals surface area contributed by atoms with E-state index in [1.807, 2.05) is 34.6 Å². The number of carbonyl (C=O) groups excluding carboxylic acids is 1. The number of aromatic nitrogens is 2. The average molecular weight is 240 g/mol. The third kappa shape index (κ3) is 4.52. The van der Waals surface area contributed by atoms with Crippen molar-refractivity contribution in [1.82, 2.24) is 20.9 Å². The first-order valence-electron chi connectivity index (χ1n) is 5.63. The third-order valence-electron chi connectivity index (χ3n) is 2.21. The monoisotopic (exact) mass is 240 g/mol. The highest BCUT2D eigenvalue weighted by Gasteiger charge is 2.19. The SMILES string of the molecule is Cc1nonc1CNC(C)C(=O)NC(C)(C)C. The number of amides is 1. The predicted octanol–water partition coefficient (Wildman–Crippen LogP) is 0.771.